The second-order valence-corrected chi connectivity index (χ2v) is 9.23. The summed E-state index contributed by atoms with van der Waals surface area (Å²) in [5, 5.41) is 14.5. The Bertz CT molecular complexity index is 1090. The first-order valence-electron chi connectivity index (χ1n) is 9.97. The fourth-order valence-electron chi connectivity index (χ4n) is 2.93. The zero-order valence-corrected chi connectivity index (χ0v) is 18.7. The van der Waals surface area contributed by atoms with Crippen molar-refractivity contribution >= 4 is 35.3 Å². The number of amides is 3. The number of nitrogens with one attached hydrogen (secondary N) is 2. The molecule has 1 saturated carbocycles. The largest absolute Gasteiger partial charge is 0.335 e. The Morgan fingerprint density at radius 3 is 2.42 bits per heavy atom. The number of aromatic nitrogens is 3. The van der Waals surface area contributed by atoms with Crippen LogP contribution in [0.1, 0.15) is 25.3 Å². The van der Waals surface area contributed by atoms with Crippen molar-refractivity contribution in [3.05, 3.63) is 59.1 Å². The quantitative estimate of drug-likeness (QED) is 0.539. The molecule has 1 fully saturated rings. The smallest absolute Gasteiger partial charge is 0.321 e. The second kappa shape index (κ2) is 9.11. The van der Waals surface area contributed by atoms with Gasteiger partial charge in [-0.05, 0) is 63.1 Å². The van der Waals surface area contributed by atoms with Gasteiger partial charge in [0.25, 0.3) is 0 Å². The van der Waals surface area contributed by atoms with Gasteiger partial charge in [-0.1, -0.05) is 41.1 Å². The van der Waals surface area contributed by atoms with Crippen molar-refractivity contribution in [2.75, 3.05) is 0 Å². The molecule has 1 aliphatic rings. The van der Waals surface area contributed by atoms with Crippen LogP contribution < -0.4 is 10.6 Å². The van der Waals surface area contributed by atoms with E-state index in [0.29, 0.717) is 16.0 Å². The molecule has 2 aromatic carbocycles. The number of thioether (sulfide) groups is 1. The van der Waals surface area contributed by atoms with Gasteiger partial charge < -0.3 is 5.32 Å². The lowest BCUT2D eigenvalue weighted by atomic mass is 10.2. The SMILES string of the molecule is Cc1ccc(-n2c(SC(C)C(=O)NC(=O)NC3CC3)nnc2-c2ccc(Cl)cc2)cc1. The Morgan fingerprint density at radius 2 is 1.77 bits per heavy atom. The predicted molar refractivity (Wildman–Crippen MR) is 122 cm³/mol. The van der Waals surface area contributed by atoms with Crippen molar-refractivity contribution in [2.45, 2.75) is 43.1 Å². The highest BCUT2D eigenvalue weighted by Crippen LogP contribution is 2.31. The van der Waals surface area contributed by atoms with E-state index in [9.17, 15) is 9.59 Å². The van der Waals surface area contributed by atoms with Crippen molar-refractivity contribution in [2.24, 2.45) is 0 Å². The van der Waals surface area contributed by atoms with Crippen LogP contribution >= 0.6 is 23.4 Å². The van der Waals surface area contributed by atoms with Gasteiger partial charge in [0.15, 0.2) is 11.0 Å². The molecule has 0 radical (unpaired) electrons. The van der Waals surface area contributed by atoms with Crippen molar-refractivity contribution in [3.8, 4) is 17.1 Å². The topological polar surface area (TPSA) is 88.9 Å². The lowest BCUT2D eigenvalue weighted by Gasteiger charge is -2.14. The molecule has 1 heterocycles. The van der Waals surface area contributed by atoms with Crippen molar-refractivity contribution in [1.29, 1.82) is 0 Å². The van der Waals surface area contributed by atoms with E-state index in [-0.39, 0.29) is 11.9 Å². The number of hydrogen-bond acceptors (Lipinski definition) is 5. The van der Waals surface area contributed by atoms with Crippen LogP contribution in [-0.2, 0) is 4.79 Å². The molecule has 0 bridgehead atoms. The third-order valence-electron chi connectivity index (χ3n) is 4.83. The first-order chi connectivity index (χ1) is 14.9. The molecule has 4 rings (SSSR count). The maximum absolute atomic E-state index is 12.5. The molecule has 0 saturated heterocycles. The highest BCUT2D eigenvalue weighted by atomic mass is 35.5. The van der Waals surface area contributed by atoms with Crippen LogP contribution in [0.25, 0.3) is 17.1 Å². The normalized spacial score (nSPS) is 14.2. The molecular formula is C22H22ClN5O2S. The number of nitrogens with zero attached hydrogens (tertiary/aromatic N) is 3. The van der Waals surface area contributed by atoms with Gasteiger partial charge in [0.1, 0.15) is 0 Å². The summed E-state index contributed by atoms with van der Waals surface area (Å²) >= 11 is 7.28. The van der Waals surface area contributed by atoms with Crippen LogP contribution in [0.3, 0.4) is 0 Å². The van der Waals surface area contributed by atoms with Gasteiger partial charge in [0.05, 0.1) is 5.25 Å². The van der Waals surface area contributed by atoms with Crippen molar-refractivity contribution in [1.82, 2.24) is 25.4 Å². The highest BCUT2D eigenvalue weighted by molar-refractivity contribution is 8.00. The zero-order chi connectivity index (χ0) is 22.0. The van der Waals surface area contributed by atoms with Crippen LogP contribution in [0.4, 0.5) is 4.79 Å². The summed E-state index contributed by atoms with van der Waals surface area (Å²) in [5.41, 5.74) is 2.86. The lowest BCUT2D eigenvalue weighted by molar-refractivity contribution is -0.119. The van der Waals surface area contributed by atoms with E-state index >= 15 is 0 Å². The summed E-state index contributed by atoms with van der Waals surface area (Å²) in [5.74, 6) is 0.261. The van der Waals surface area contributed by atoms with E-state index in [4.69, 9.17) is 11.6 Å². The molecule has 9 heteroatoms. The predicted octanol–water partition coefficient (Wildman–Crippen LogP) is 4.36. The minimum atomic E-state index is -0.545. The summed E-state index contributed by atoms with van der Waals surface area (Å²) in [6.07, 6.45) is 1.91. The number of halogens is 1. The van der Waals surface area contributed by atoms with E-state index < -0.39 is 11.3 Å². The third-order valence-corrected chi connectivity index (χ3v) is 6.12. The van der Waals surface area contributed by atoms with Gasteiger partial charge >= 0.3 is 6.03 Å². The number of hydrogen-bond donors (Lipinski definition) is 2. The fourth-order valence-corrected chi connectivity index (χ4v) is 3.93. The van der Waals surface area contributed by atoms with Crippen LogP contribution in [0, 0.1) is 6.92 Å². The molecule has 31 heavy (non-hydrogen) atoms. The number of carbonyl (C=O) groups is 2. The molecule has 0 spiro atoms. The van der Waals surface area contributed by atoms with Gasteiger partial charge in [-0.15, -0.1) is 10.2 Å². The first kappa shape index (κ1) is 21.4. The van der Waals surface area contributed by atoms with Crippen molar-refractivity contribution in [3.63, 3.8) is 0 Å². The van der Waals surface area contributed by atoms with Gasteiger partial charge in [-0.25, -0.2) is 4.79 Å². The summed E-state index contributed by atoms with van der Waals surface area (Å²) in [4.78, 5) is 24.4. The lowest BCUT2D eigenvalue weighted by Crippen LogP contribution is -2.43. The Kier molecular flexibility index (Phi) is 6.29. The molecule has 1 aliphatic carbocycles. The highest BCUT2D eigenvalue weighted by Gasteiger charge is 2.26. The molecule has 160 valence electrons. The van der Waals surface area contributed by atoms with Gasteiger partial charge in [0.2, 0.25) is 5.91 Å². The van der Waals surface area contributed by atoms with Crippen LogP contribution in [0.2, 0.25) is 5.02 Å². The van der Waals surface area contributed by atoms with Crippen LogP contribution in [0.5, 0.6) is 0 Å². The van der Waals surface area contributed by atoms with E-state index in [1.807, 2.05) is 47.9 Å². The average Bonchev–Trinajstić information content (AvgIpc) is 3.46. The molecule has 1 aromatic heterocycles. The number of urea groups is 1. The van der Waals surface area contributed by atoms with E-state index in [1.54, 1.807) is 19.1 Å². The number of imide groups is 1. The second-order valence-electron chi connectivity index (χ2n) is 7.48. The van der Waals surface area contributed by atoms with E-state index in [0.717, 1.165) is 29.7 Å². The molecule has 1 unspecified atom stereocenters. The first-order valence-corrected chi connectivity index (χ1v) is 11.2. The number of aryl methyl sites for hydroxylation is 1. The Hall–Kier alpha value is -2.84. The molecule has 3 aromatic rings. The van der Waals surface area contributed by atoms with Gasteiger partial charge in [0, 0.05) is 22.3 Å². The summed E-state index contributed by atoms with van der Waals surface area (Å²) in [7, 11) is 0. The van der Waals surface area contributed by atoms with E-state index in [2.05, 4.69) is 20.8 Å². The average molecular weight is 456 g/mol. The number of rotatable bonds is 6. The summed E-state index contributed by atoms with van der Waals surface area (Å²) in [6.45, 7) is 3.76. The van der Waals surface area contributed by atoms with Crippen LogP contribution in [-0.4, -0.2) is 38.0 Å². The molecule has 2 N–H and O–H groups in total. The number of benzene rings is 2. The minimum absolute atomic E-state index is 0.183. The zero-order valence-electron chi connectivity index (χ0n) is 17.1. The molecule has 1 atom stereocenters. The van der Waals surface area contributed by atoms with Crippen LogP contribution in [0.15, 0.2) is 53.7 Å². The standard InChI is InChI=1S/C22H22ClN5O2S/c1-13-3-11-18(12-4-13)28-19(15-5-7-16(23)8-6-15)26-27-22(28)31-14(2)20(29)25-21(30)24-17-9-10-17/h3-8,11-12,14,17H,9-10H2,1-2H3,(H2,24,25,29,30). The number of carbonyl (C=O) groups excluding carboxylic acids is 2. The Balaban J connectivity index is 1.60. The molecule has 0 aliphatic heterocycles. The molecular weight excluding hydrogens is 434 g/mol. The maximum Gasteiger partial charge on any atom is 0.321 e. The Labute approximate surface area is 189 Å². The third kappa shape index (κ3) is 5.26. The van der Waals surface area contributed by atoms with Gasteiger partial charge in [-0.2, -0.15) is 0 Å². The fraction of sp³-hybridized carbons (Fsp3) is 0.273. The minimum Gasteiger partial charge on any atom is -0.335 e. The summed E-state index contributed by atoms with van der Waals surface area (Å²) < 4.78 is 1.90. The van der Waals surface area contributed by atoms with Gasteiger partial charge in [-0.3, -0.25) is 14.7 Å². The molecule has 7 nitrogen and oxygen atoms in total. The summed E-state index contributed by atoms with van der Waals surface area (Å²) in [6, 6.07) is 15.1. The Morgan fingerprint density at radius 1 is 1.10 bits per heavy atom. The van der Waals surface area contributed by atoms with E-state index in [1.165, 1.54) is 11.8 Å². The monoisotopic (exact) mass is 455 g/mol. The van der Waals surface area contributed by atoms with Crippen molar-refractivity contribution < 1.29 is 9.59 Å². The maximum atomic E-state index is 12.5. The molecule has 3 amide bonds.